The Labute approximate surface area is 199 Å². The van der Waals surface area contributed by atoms with Gasteiger partial charge in [-0.15, -0.1) is 11.8 Å². The quantitative estimate of drug-likeness (QED) is 0.511. The molecule has 1 fully saturated rings. The van der Waals surface area contributed by atoms with Gasteiger partial charge in [0.2, 0.25) is 5.91 Å². The summed E-state index contributed by atoms with van der Waals surface area (Å²) in [6, 6.07) is 25.7. The fraction of sp³-hybridized carbons (Fsp3) is 0.259. The largest absolute Gasteiger partial charge is 0.497 e. The van der Waals surface area contributed by atoms with Crippen molar-refractivity contribution in [3.63, 3.8) is 0 Å². The Balaban J connectivity index is 1.31. The van der Waals surface area contributed by atoms with E-state index in [1.165, 1.54) is 5.56 Å². The van der Waals surface area contributed by atoms with Gasteiger partial charge in [0.05, 0.1) is 12.9 Å². The first-order valence-electron chi connectivity index (χ1n) is 11.1. The average Bonchev–Trinajstić information content (AvgIpc) is 3.24. The van der Waals surface area contributed by atoms with Crippen LogP contribution in [0.3, 0.4) is 0 Å². The first-order valence-corrected chi connectivity index (χ1v) is 12.1. The normalized spacial score (nSPS) is 15.5. The summed E-state index contributed by atoms with van der Waals surface area (Å²) >= 11 is 1.64. The van der Waals surface area contributed by atoms with Crippen molar-refractivity contribution in [3.8, 4) is 5.75 Å². The number of hydrogen-bond acceptors (Lipinski definition) is 4. The van der Waals surface area contributed by atoms with E-state index in [1.54, 1.807) is 18.9 Å². The van der Waals surface area contributed by atoms with Crippen LogP contribution >= 0.6 is 11.8 Å². The van der Waals surface area contributed by atoms with Crippen molar-refractivity contribution in [1.29, 1.82) is 0 Å². The molecule has 0 saturated carbocycles. The first-order chi connectivity index (χ1) is 16.1. The third kappa shape index (κ3) is 5.96. The van der Waals surface area contributed by atoms with Crippen LogP contribution in [0.4, 0.5) is 0 Å². The average molecular weight is 461 g/mol. The zero-order chi connectivity index (χ0) is 23.0. The van der Waals surface area contributed by atoms with Crippen LogP contribution in [0.25, 0.3) is 0 Å². The lowest BCUT2D eigenvalue weighted by Gasteiger charge is -2.24. The lowest BCUT2D eigenvalue weighted by atomic mass is 10.1. The van der Waals surface area contributed by atoms with E-state index in [0.29, 0.717) is 24.4 Å². The molecule has 1 N–H and O–H groups in total. The summed E-state index contributed by atoms with van der Waals surface area (Å²) in [6.07, 6.45) is 1.59. The lowest BCUT2D eigenvalue weighted by molar-refractivity contribution is -0.128. The van der Waals surface area contributed by atoms with Gasteiger partial charge in [-0.3, -0.25) is 9.59 Å². The minimum absolute atomic E-state index is 0.00612. The Morgan fingerprint density at radius 1 is 0.970 bits per heavy atom. The Bertz CT molecular complexity index is 1070. The number of carbonyl (C=O) groups is 2. The van der Waals surface area contributed by atoms with E-state index in [2.05, 4.69) is 17.4 Å². The van der Waals surface area contributed by atoms with Gasteiger partial charge in [0.15, 0.2) is 0 Å². The zero-order valence-electron chi connectivity index (χ0n) is 18.7. The summed E-state index contributed by atoms with van der Waals surface area (Å²) in [5.41, 5.74) is 4.04. The predicted molar refractivity (Wildman–Crippen MR) is 133 cm³/mol. The van der Waals surface area contributed by atoms with E-state index in [0.717, 1.165) is 29.7 Å². The second-order valence-corrected chi connectivity index (χ2v) is 9.03. The number of thioether (sulfide) groups is 1. The molecule has 1 heterocycles. The van der Waals surface area contributed by atoms with Crippen molar-refractivity contribution in [1.82, 2.24) is 10.2 Å². The molecule has 5 nitrogen and oxygen atoms in total. The SMILES string of the molecule is COc1ccc(CCNC(=O)c2ccc([C@H]3SCC(=O)N3CCc3ccccc3)cc2)cc1. The van der Waals surface area contributed by atoms with Crippen LogP contribution in [-0.4, -0.2) is 42.7 Å². The summed E-state index contributed by atoms with van der Waals surface area (Å²) in [4.78, 5) is 26.9. The number of benzene rings is 3. The molecule has 0 aliphatic carbocycles. The molecule has 0 aromatic heterocycles. The highest BCUT2D eigenvalue weighted by molar-refractivity contribution is 8.00. The zero-order valence-corrected chi connectivity index (χ0v) is 19.5. The van der Waals surface area contributed by atoms with Crippen LogP contribution in [0.15, 0.2) is 78.9 Å². The monoisotopic (exact) mass is 460 g/mol. The number of carbonyl (C=O) groups excluding carboxylic acids is 2. The number of methoxy groups -OCH3 is 1. The predicted octanol–water partition coefficient (Wildman–Crippen LogP) is 4.48. The summed E-state index contributed by atoms with van der Waals surface area (Å²) in [5, 5.41) is 2.97. The summed E-state index contributed by atoms with van der Waals surface area (Å²) < 4.78 is 5.17. The summed E-state index contributed by atoms with van der Waals surface area (Å²) in [6.45, 7) is 1.25. The van der Waals surface area contributed by atoms with Crippen molar-refractivity contribution in [2.45, 2.75) is 18.2 Å². The molecule has 1 saturated heterocycles. The molecule has 0 bridgehead atoms. The Morgan fingerprint density at radius 2 is 1.67 bits per heavy atom. The molecule has 170 valence electrons. The van der Waals surface area contributed by atoms with Gasteiger partial charge < -0.3 is 15.0 Å². The highest BCUT2D eigenvalue weighted by atomic mass is 32.2. The van der Waals surface area contributed by atoms with Gasteiger partial charge in [0, 0.05) is 18.7 Å². The smallest absolute Gasteiger partial charge is 0.251 e. The highest BCUT2D eigenvalue weighted by Gasteiger charge is 2.32. The van der Waals surface area contributed by atoms with E-state index in [-0.39, 0.29) is 17.2 Å². The molecule has 6 heteroatoms. The van der Waals surface area contributed by atoms with Crippen molar-refractivity contribution in [3.05, 3.63) is 101 Å². The van der Waals surface area contributed by atoms with Crippen LogP contribution in [0, 0.1) is 0 Å². The van der Waals surface area contributed by atoms with E-state index in [4.69, 9.17) is 4.74 Å². The maximum absolute atomic E-state index is 12.5. The lowest BCUT2D eigenvalue weighted by Crippen LogP contribution is -2.30. The maximum atomic E-state index is 12.5. The molecule has 0 radical (unpaired) electrons. The number of rotatable bonds is 9. The molecule has 4 rings (SSSR count). The topological polar surface area (TPSA) is 58.6 Å². The molecule has 1 aliphatic heterocycles. The fourth-order valence-corrected chi connectivity index (χ4v) is 5.10. The van der Waals surface area contributed by atoms with Gasteiger partial charge in [0.25, 0.3) is 5.91 Å². The second kappa shape index (κ2) is 11.1. The standard InChI is InChI=1S/C27H28N2O3S/c1-32-24-13-7-21(8-14-24)15-17-28-26(31)22-9-11-23(12-10-22)27-29(25(30)19-33-27)18-16-20-5-3-2-4-6-20/h2-14,27H,15-19H2,1H3,(H,28,31)/t27-/m1/s1. The third-order valence-electron chi connectivity index (χ3n) is 5.77. The van der Waals surface area contributed by atoms with Crippen LogP contribution in [-0.2, 0) is 17.6 Å². The molecule has 33 heavy (non-hydrogen) atoms. The molecule has 3 aromatic rings. The summed E-state index contributed by atoms with van der Waals surface area (Å²) in [5.74, 6) is 1.39. The number of nitrogens with one attached hydrogen (secondary N) is 1. The Morgan fingerprint density at radius 3 is 2.36 bits per heavy atom. The first kappa shape index (κ1) is 22.9. The number of nitrogens with zero attached hydrogens (tertiary/aromatic N) is 1. The van der Waals surface area contributed by atoms with Gasteiger partial charge >= 0.3 is 0 Å². The van der Waals surface area contributed by atoms with Crippen LogP contribution in [0.2, 0.25) is 0 Å². The van der Waals surface area contributed by atoms with Gasteiger partial charge in [-0.05, 0) is 53.8 Å². The molecule has 1 atom stereocenters. The minimum atomic E-state index is -0.0915. The van der Waals surface area contributed by atoms with E-state index < -0.39 is 0 Å². The molecular weight excluding hydrogens is 432 g/mol. The molecule has 0 spiro atoms. The number of hydrogen-bond donors (Lipinski definition) is 1. The molecule has 3 aromatic carbocycles. The van der Waals surface area contributed by atoms with Gasteiger partial charge in [-0.2, -0.15) is 0 Å². The Hall–Kier alpha value is -3.25. The van der Waals surface area contributed by atoms with Crippen molar-refractivity contribution in [2.75, 3.05) is 26.0 Å². The molecule has 1 aliphatic rings. The number of amides is 2. The maximum Gasteiger partial charge on any atom is 0.251 e. The molecule has 2 amide bonds. The van der Waals surface area contributed by atoms with Crippen LogP contribution in [0.5, 0.6) is 5.75 Å². The molecular formula is C27H28N2O3S. The van der Waals surface area contributed by atoms with Crippen molar-refractivity contribution < 1.29 is 14.3 Å². The van der Waals surface area contributed by atoms with Crippen LogP contribution < -0.4 is 10.1 Å². The fourth-order valence-electron chi connectivity index (χ4n) is 3.88. The number of ether oxygens (including phenoxy) is 1. The second-order valence-electron chi connectivity index (χ2n) is 7.96. The van der Waals surface area contributed by atoms with Gasteiger partial charge in [0.1, 0.15) is 11.1 Å². The highest BCUT2D eigenvalue weighted by Crippen LogP contribution is 2.38. The van der Waals surface area contributed by atoms with Crippen molar-refractivity contribution >= 4 is 23.6 Å². The van der Waals surface area contributed by atoms with E-state index >= 15 is 0 Å². The van der Waals surface area contributed by atoms with E-state index in [9.17, 15) is 9.59 Å². The third-order valence-corrected chi connectivity index (χ3v) is 7.02. The van der Waals surface area contributed by atoms with Crippen LogP contribution in [0.1, 0.15) is 32.4 Å². The summed E-state index contributed by atoms with van der Waals surface area (Å²) in [7, 11) is 1.64. The minimum Gasteiger partial charge on any atom is -0.497 e. The van der Waals surface area contributed by atoms with Gasteiger partial charge in [-0.1, -0.05) is 54.6 Å². The van der Waals surface area contributed by atoms with E-state index in [1.807, 2.05) is 71.6 Å². The molecule has 0 unspecified atom stereocenters. The van der Waals surface area contributed by atoms with Crippen molar-refractivity contribution in [2.24, 2.45) is 0 Å². The van der Waals surface area contributed by atoms with Gasteiger partial charge in [-0.25, -0.2) is 0 Å². The Kier molecular flexibility index (Phi) is 7.68.